The number of halogens is 1. The van der Waals surface area contributed by atoms with Crippen LogP contribution in [0.15, 0.2) is 48.5 Å². The highest BCUT2D eigenvalue weighted by Crippen LogP contribution is 2.27. The Kier molecular flexibility index (Phi) is 2.46. The standard InChI is InChI=1S/C15H9ClO2/c16-12-5-4-9-8-14-10(6-11(9)7-12)2-1-3-13(14)15(17)18/h1-8H,(H,17,18). The van der Waals surface area contributed by atoms with Gasteiger partial charge in [-0.1, -0.05) is 29.8 Å². The zero-order chi connectivity index (χ0) is 12.7. The molecule has 0 bridgehead atoms. The van der Waals surface area contributed by atoms with Gasteiger partial charge in [-0.2, -0.15) is 0 Å². The zero-order valence-corrected chi connectivity index (χ0v) is 10.1. The Morgan fingerprint density at radius 3 is 2.56 bits per heavy atom. The van der Waals surface area contributed by atoms with Crippen molar-refractivity contribution < 1.29 is 9.90 Å². The van der Waals surface area contributed by atoms with Crippen molar-refractivity contribution in [1.82, 2.24) is 0 Å². The number of aromatic carboxylic acids is 1. The zero-order valence-electron chi connectivity index (χ0n) is 9.35. The Hall–Kier alpha value is -2.06. The van der Waals surface area contributed by atoms with Crippen molar-refractivity contribution >= 4 is 39.1 Å². The van der Waals surface area contributed by atoms with Crippen LogP contribution in [0.5, 0.6) is 0 Å². The smallest absolute Gasteiger partial charge is 0.336 e. The lowest BCUT2D eigenvalue weighted by atomic mass is 10.00. The van der Waals surface area contributed by atoms with E-state index in [0.717, 1.165) is 21.5 Å². The first kappa shape index (κ1) is 11.1. The third kappa shape index (κ3) is 1.71. The van der Waals surface area contributed by atoms with Crippen molar-refractivity contribution in [3.63, 3.8) is 0 Å². The Balaban J connectivity index is 2.44. The summed E-state index contributed by atoms with van der Waals surface area (Å²) in [6.45, 7) is 0. The van der Waals surface area contributed by atoms with E-state index in [4.69, 9.17) is 11.6 Å². The maximum absolute atomic E-state index is 11.2. The predicted molar refractivity (Wildman–Crippen MR) is 73.4 cm³/mol. The minimum atomic E-state index is -0.908. The van der Waals surface area contributed by atoms with Gasteiger partial charge in [-0.15, -0.1) is 0 Å². The largest absolute Gasteiger partial charge is 0.478 e. The fourth-order valence-corrected chi connectivity index (χ4v) is 2.36. The van der Waals surface area contributed by atoms with Gasteiger partial charge in [-0.3, -0.25) is 0 Å². The molecule has 0 unspecified atom stereocenters. The molecule has 0 aliphatic heterocycles. The SMILES string of the molecule is O=C(O)c1cccc2cc3cc(Cl)ccc3cc12. The lowest BCUT2D eigenvalue weighted by Gasteiger charge is -2.05. The normalized spacial score (nSPS) is 10.9. The van der Waals surface area contributed by atoms with E-state index in [1.807, 2.05) is 30.3 Å². The van der Waals surface area contributed by atoms with Crippen LogP contribution in [0.25, 0.3) is 21.5 Å². The van der Waals surface area contributed by atoms with E-state index in [9.17, 15) is 9.90 Å². The van der Waals surface area contributed by atoms with E-state index in [-0.39, 0.29) is 0 Å². The number of hydrogen-bond donors (Lipinski definition) is 1. The van der Waals surface area contributed by atoms with Crippen molar-refractivity contribution in [2.75, 3.05) is 0 Å². The van der Waals surface area contributed by atoms with Gasteiger partial charge in [0, 0.05) is 5.02 Å². The molecule has 1 N–H and O–H groups in total. The molecule has 18 heavy (non-hydrogen) atoms. The second-order valence-electron chi connectivity index (χ2n) is 4.18. The molecular weight excluding hydrogens is 248 g/mol. The summed E-state index contributed by atoms with van der Waals surface area (Å²) in [5.41, 5.74) is 0.323. The molecule has 0 aliphatic rings. The van der Waals surface area contributed by atoms with E-state index >= 15 is 0 Å². The fourth-order valence-electron chi connectivity index (χ4n) is 2.18. The number of benzene rings is 3. The third-order valence-corrected chi connectivity index (χ3v) is 3.27. The highest BCUT2D eigenvalue weighted by atomic mass is 35.5. The Labute approximate surface area is 108 Å². The summed E-state index contributed by atoms with van der Waals surface area (Å²) < 4.78 is 0. The molecule has 0 amide bonds. The Morgan fingerprint density at radius 2 is 1.78 bits per heavy atom. The Morgan fingerprint density at radius 1 is 0.944 bits per heavy atom. The summed E-state index contributed by atoms with van der Waals surface area (Å²) in [6.07, 6.45) is 0. The number of fused-ring (bicyclic) bond motifs is 2. The molecule has 88 valence electrons. The van der Waals surface area contributed by atoms with Gasteiger partial charge in [0.25, 0.3) is 0 Å². The van der Waals surface area contributed by atoms with Crippen molar-refractivity contribution in [1.29, 1.82) is 0 Å². The maximum Gasteiger partial charge on any atom is 0.336 e. The van der Waals surface area contributed by atoms with Crippen LogP contribution < -0.4 is 0 Å². The second kappa shape index (κ2) is 4.00. The summed E-state index contributed by atoms with van der Waals surface area (Å²) in [4.78, 5) is 11.2. The number of carboxylic acids is 1. The number of carbonyl (C=O) groups is 1. The highest BCUT2D eigenvalue weighted by Gasteiger charge is 2.08. The second-order valence-corrected chi connectivity index (χ2v) is 4.61. The number of rotatable bonds is 1. The number of hydrogen-bond acceptors (Lipinski definition) is 1. The van der Waals surface area contributed by atoms with Crippen LogP contribution in [0.2, 0.25) is 5.02 Å². The topological polar surface area (TPSA) is 37.3 Å². The van der Waals surface area contributed by atoms with Gasteiger partial charge in [-0.25, -0.2) is 4.79 Å². The molecule has 0 saturated heterocycles. The van der Waals surface area contributed by atoms with Crippen molar-refractivity contribution in [2.45, 2.75) is 0 Å². The van der Waals surface area contributed by atoms with Gasteiger partial charge in [0.1, 0.15) is 0 Å². The molecular formula is C15H9ClO2. The van der Waals surface area contributed by atoms with E-state index in [0.29, 0.717) is 10.6 Å². The molecule has 0 atom stereocenters. The summed E-state index contributed by atoms with van der Waals surface area (Å²) in [5, 5.41) is 13.5. The summed E-state index contributed by atoms with van der Waals surface area (Å²) in [5.74, 6) is -0.908. The van der Waals surface area contributed by atoms with Crippen molar-refractivity contribution in [2.24, 2.45) is 0 Å². The van der Waals surface area contributed by atoms with Crippen LogP contribution in [0, 0.1) is 0 Å². The summed E-state index contributed by atoms with van der Waals surface area (Å²) in [7, 11) is 0. The quantitative estimate of drug-likeness (QED) is 0.658. The Bertz CT molecular complexity index is 778. The fraction of sp³-hybridized carbons (Fsp3) is 0. The maximum atomic E-state index is 11.2. The minimum absolute atomic E-state index is 0.323. The van der Waals surface area contributed by atoms with E-state index in [1.54, 1.807) is 18.2 Å². The molecule has 0 heterocycles. The van der Waals surface area contributed by atoms with Gasteiger partial charge in [0.05, 0.1) is 5.56 Å². The van der Waals surface area contributed by atoms with Gasteiger partial charge in [0.15, 0.2) is 0 Å². The van der Waals surface area contributed by atoms with Crippen LogP contribution in [-0.4, -0.2) is 11.1 Å². The van der Waals surface area contributed by atoms with Crippen molar-refractivity contribution in [3.8, 4) is 0 Å². The van der Waals surface area contributed by atoms with Crippen molar-refractivity contribution in [3.05, 3.63) is 59.1 Å². The third-order valence-electron chi connectivity index (χ3n) is 3.03. The van der Waals surface area contributed by atoms with Crippen LogP contribution in [0.4, 0.5) is 0 Å². The molecule has 3 heteroatoms. The predicted octanol–water partition coefficient (Wildman–Crippen LogP) is 4.34. The molecule has 0 radical (unpaired) electrons. The minimum Gasteiger partial charge on any atom is -0.478 e. The first-order valence-corrected chi connectivity index (χ1v) is 5.88. The van der Waals surface area contributed by atoms with Gasteiger partial charge in [-0.05, 0) is 51.9 Å². The molecule has 3 aromatic rings. The van der Waals surface area contributed by atoms with E-state index in [1.165, 1.54) is 0 Å². The first-order valence-electron chi connectivity index (χ1n) is 5.50. The lowest BCUT2D eigenvalue weighted by molar-refractivity contribution is 0.0699. The summed E-state index contributed by atoms with van der Waals surface area (Å²) >= 11 is 5.96. The lowest BCUT2D eigenvalue weighted by Crippen LogP contribution is -1.96. The van der Waals surface area contributed by atoms with E-state index in [2.05, 4.69) is 0 Å². The molecule has 2 nitrogen and oxygen atoms in total. The molecule has 0 saturated carbocycles. The van der Waals surface area contributed by atoms with Crippen LogP contribution >= 0.6 is 11.6 Å². The first-order chi connectivity index (χ1) is 8.65. The van der Waals surface area contributed by atoms with Crippen LogP contribution in [-0.2, 0) is 0 Å². The van der Waals surface area contributed by atoms with Gasteiger partial charge < -0.3 is 5.11 Å². The van der Waals surface area contributed by atoms with Gasteiger partial charge >= 0.3 is 5.97 Å². The summed E-state index contributed by atoms with van der Waals surface area (Å²) in [6, 6.07) is 14.7. The van der Waals surface area contributed by atoms with Crippen LogP contribution in [0.3, 0.4) is 0 Å². The average molecular weight is 257 g/mol. The van der Waals surface area contributed by atoms with E-state index < -0.39 is 5.97 Å². The highest BCUT2D eigenvalue weighted by molar-refractivity contribution is 6.31. The molecule has 3 rings (SSSR count). The van der Waals surface area contributed by atoms with Gasteiger partial charge in [0.2, 0.25) is 0 Å². The average Bonchev–Trinajstić information content (AvgIpc) is 2.35. The van der Waals surface area contributed by atoms with Crippen LogP contribution in [0.1, 0.15) is 10.4 Å². The molecule has 0 spiro atoms. The number of carboxylic acid groups (broad SMARTS) is 1. The molecule has 0 fully saturated rings. The monoisotopic (exact) mass is 256 g/mol. The molecule has 3 aromatic carbocycles. The molecule has 0 aliphatic carbocycles. The molecule has 0 aromatic heterocycles.